The number of hydrogen-bond donors (Lipinski definition) is 3. The zero-order chi connectivity index (χ0) is 21.8. The topological polar surface area (TPSA) is 105 Å². The molecule has 0 bridgehead atoms. The van der Waals surface area contributed by atoms with Crippen molar-refractivity contribution >= 4 is 17.6 Å². The van der Waals surface area contributed by atoms with Crippen LogP contribution in [-0.2, 0) is 16.0 Å². The summed E-state index contributed by atoms with van der Waals surface area (Å²) in [4.78, 5) is 16.5. The summed E-state index contributed by atoms with van der Waals surface area (Å²) < 4.78 is 5.13. The second-order valence-electron chi connectivity index (χ2n) is 6.91. The van der Waals surface area contributed by atoms with Crippen LogP contribution in [0.1, 0.15) is 24.0 Å². The molecule has 0 heterocycles. The molecule has 0 fully saturated rings. The zero-order valence-corrected chi connectivity index (χ0v) is 17.1. The minimum Gasteiger partial charge on any atom is -0.394 e. The monoisotopic (exact) mass is 410 g/mol. The SMILES string of the molecule is C=CN=C/C=C/CC(=O)C1C=CC(CN)=C(c2cccc(CC(O)OCCO)c2)C1. The summed E-state index contributed by atoms with van der Waals surface area (Å²) in [6, 6.07) is 7.81. The van der Waals surface area contributed by atoms with Crippen LogP contribution in [0, 0.1) is 5.92 Å². The minimum absolute atomic E-state index is 0.0891. The molecular weight excluding hydrogens is 380 g/mol. The van der Waals surface area contributed by atoms with Gasteiger partial charge in [0.1, 0.15) is 5.78 Å². The maximum Gasteiger partial charge on any atom is 0.158 e. The third-order valence-electron chi connectivity index (χ3n) is 4.79. The van der Waals surface area contributed by atoms with Crippen molar-refractivity contribution in [3.63, 3.8) is 0 Å². The van der Waals surface area contributed by atoms with E-state index in [2.05, 4.69) is 11.6 Å². The van der Waals surface area contributed by atoms with Gasteiger partial charge in [0.2, 0.25) is 0 Å². The Kier molecular flexibility index (Phi) is 10.1. The number of Topliss-reactive ketones (excluding diaryl/α,β-unsaturated/α-hetero) is 1. The third-order valence-corrected chi connectivity index (χ3v) is 4.79. The van der Waals surface area contributed by atoms with Gasteiger partial charge in [-0.1, -0.05) is 49.1 Å². The number of carbonyl (C=O) groups is 1. The van der Waals surface area contributed by atoms with Crippen LogP contribution in [0.15, 0.2) is 71.9 Å². The normalized spacial score (nSPS) is 17.8. The Hall–Kier alpha value is -2.64. The van der Waals surface area contributed by atoms with Crippen LogP contribution in [0.5, 0.6) is 0 Å². The smallest absolute Gasteiger partial charge is 0.158 e. The molecule has 1 aromatic carbocycles. The predicted octanol–water partition coefficient (Wildman–Crippen LogP) is 2.57. The average Bonchev–Trinajstić information content (AvgIpc) is 2.77. The van der Waals surface area contributed by atoms with Crippen molar-refractivity contribution in [3.05, 3.63) is 78.0 Å². The summed E-state index contributed by atoms with van der Waals surface area (Å²) in [7, 11) is 0. The van der Waals surface area contributed by atoms with E-state index < -0.39 is 6.29 Å². The van der Waals surface area contributed by atoms with Crippen molar-refractivity contribution in [1.82, 2.24) is 0 Å². The van der Waals surface area contributed by atoms with Crippen molar-refractivity contribution in [2.45, 2.75) is 25.6 Å². The van der Waals surface area contributed by atoms with Crippen LogP contribution in [0.25, 0.3) is 5.57 Å². The van der Waals surface area contributed by atoms with Gasteiger partial charge in [-0.05, 0) is 34.8 Å². The second-order valence-corrected chi connectivity index (χ2v) is 6.91. The Labute approximate surface area is 177 Å². The van der Waals surface area contributed by atoms with E-state index >= 15 is 0 Å². The van der Waals surface area contributed by atoms with E-state index in [0.717, 1.165) is 22.3 Å². The largest absolute Gasteiger partial charge is 0.394 e. The second kappa shape index (κ2) is 12.8. The van der Waals surface area contributed by atoms with Crippen LogP contribution in [0.2, 0.25) is 0 Å². The molecule has 1 aromatic rings. The van der Waals surface area contributed by atoms with Gasteiger partial charge in [0.25, 0.3) is 0 Å². The molecule has 6 nitrogen and oxygen atoms in total. The summed E-state index contributed by atoms with van der Waals surface area (Å²) in [6.07, 6.45) is 10.7. The fourth-order valence-electron chi connectivity index (χ4n) is 3.31. The van der Waals surface area contributed by atoms with E-state index in [4.69, 9.17) is 15.6 Å². The Balaban J connectivity index is 2.12. The van der Waals surface area contributed by atoms with Gasteiger partial charge in [0.05, 0.1) is 13.2 Å². The molecule has 30 heavy (non-hydrogen) atoms. The summed E-state index contributed by atoms with van der Waals surface area (Å²) >= 11 is 0. The maximum absolute atomic E-state index is 12.6. The van der Waals surface area contributed by atoms with Crippen molar-refractivity contribution in [2.24, 2.45) is 16.6 Å². The number of ether oxygens (including phenoxy) is 1. The first kappa shape index (κ1) is 23.6. The number of hydrogen-bond acceptors (Lipinski definition) is 6. The van der Waals surface area contributed by atoms with Crippen LogP contribution >= 0.6 is 0 Å². The highest BCUT2D eigenvalue weighted by Gasteiger charge is 2.22. The lowest BCUT2D eigenvalue weighted by Crippen LogP contribution is -2.18. The van der Waals surface area contributed by atoms with E-state index in [-0.39, 0.29) is 24.9 Å². The van der Waals surface area contributed by atoms with E-state index in [9.17, 15) is 9.90 Å². The highest BCUT2D eigenvalue weighted by atomic mass is 16.6. The lowest BCUT2D eigenvalue weighted by Gasteiger charge is -2.22. The number of nitrogens with zero attached hydrogens (tertiary/aromatic N) is 1. The van der Waals surface area contributed by atoms with Crippen molar-refractivity contribution in [1.29, 1.82) is 0 Å². The molecular formula is C24H30N2O4. The molecule has 2 atom stereocenters. The summed E-state index contributed by atoms with van der Waals surface area (Å²) in [5.41, 5.74) is 9.88. The first-order chi connectivity index (χ1) is 14.6. The van der Waals surface area contributed by atoms with E-state index in [0.29, 0.717) is 25.8 Å². The van der Waals surface area contributed by atoms with Gasteiger partial charge in [-0.15, -0.1) is 0 Å². The molecule has 0 amide bonds. The Morgan fingerprint density at radius 3 is 3.00 bits per heavy atom. The molecule has 0 radical (unpaired) electrons. The van der Waals surface area contributed by atoms with E-state index in [1.807, 2.05) is 36.4 Å². The van der Waals surface area contributed by atoms with E-state index in [1.165, 1.54) is 6.20 Å². The van der Waals surface area contributed by atoms with Crippen molar-refractivity contribution in [3.8, 4) is 0 Å². The molecule has 2 unspecified atom stereocenters. The fraction of sp³-hybridized carbons (Fsp3) is 0.333. The van der Waals surface area contributed by atoms with Crippen molar-refractivity contribution < 1.29 is 19.7 Å². The third kappa shape index (κ3) is 7.31. The number of rotatable bonds is 12. The molecule has 1 aliphatic carbocycles. The Bertz CT molecular complexity index is 839. The van der Waals surface area contributed by atoms with Crippen molar-refractivity contribution in [2.75, 3.05) is 19.8 Å². The van der Waals surface area contributed by atoms with Gasteiger partial charge >= 0.3 is 0 Å². The van der Waals surface area contributed by atoms with Crippen LogP contribution in [0.4, 0.5) is 0 Å². The van der Waals surface area contributed by atoms with Gasteiger partial charge in [0, 0.05) is 37.7 Å². The Morgan fingerprint density at radius 1 is 1.43 bits per heavy atom. The van der Waals surface area contributed by atoms with Gasteiger partial charge in [-0.25, -0.2) is 0 Å². The van der Waals surface area contributed by atoms with Gasteiger partial charge in [-0.2, -0.15) is 0 Å². The lowest BCUT2D eigenvalue weighted by atomic mass is 9.82. The van der Waals surface area contributed by atoms with Gasteiger partial charge in [0.15, 0.2) is 6.29 Å². The van der Waals surface area contributed by atoms with Crippen LogP contribution in [0.3, 0.4) is 0 Å². The molecule has 160 valence electrons. The van der Waals surface area contributed by atoms with Crippen LogP contribution in [-0.4, -0.2) is 48.3 Å². The zero-order valence-electron chi connectivity index (χ0n) is 17.1. The molecule has 1 aliphatic rings. The number of nitrogens with two attached hydrogens (primary N) is 1. The molecule has 2 rings (SSSR count). The predicted molar refractivity (Wildman–Crippen MR) is 120 cm³/mol. The molecule has 0 spiro atoms. The summed E-state index contributed by atoms with van der Waals surface area (Å²) in [5.74, 6) is -0.0783. The van der Waals surface area contributed by atoms with Gasteiger partial charge < -0.3 is 20.7 Å². The number of allylic oxidation sites excluding steroid dienone is 4. The van der Waals surface area contributed by atoms with Gasteiger partial charge in [-0.3, -0.25) is 9.79 Å². The average molecular weight is 411 g/mol. The maximum atomic E-state index is 12.6. The first-order valence-electron chi connectivity index (χ1n) is 10.0. The quantitative estimate of drug-likeness (QED) is 0.363. The molecule has 4 N–H and O–H groups in total. The standard InChI is InChI=1S/C24H30N2O4/c1-2-26-11-4-3-8-23(28)20-9-10-21(17-25)22(16-20)19-7-5-6-18(14-19)15-24(29)30-13-12-27/h2-7,9-11,14,20,24,27,29H,1,8,12-13,15-17,25H2/b4-3+,26-11?. The number of ketones is 1. The molecule has 6 heteroatoms. The molecule has 0 saturated carbocycles. The lowest BCUT2D eigenvalue weighted by molar-refractivity contribution is -0.120. The molecule has 0 aromatic heterocycles. The summed E-state index contributed by atoms with van der Waals surface area (Å²) in [6.45, 7) is 3.84. The summed E-state index contributed by atoms with van der Waals surface area (Å²) in [5, 5.41) is 18.8. The number of aliphatic hydroxyl groups is 2. The number of carbonyl (C=O) groups excluding carboxylic acids is 1. The molecule has 0 saturated heterocycles. The first-order valence-corrected chi connectivity index (χ1v) is 10.0. The highest BCUT2D eigenvalue weighted by molar-refractivity contribution is 5.88. The minimum atomic E-state index is -0.979. The van der Waals surface area contributed by atoms with E-state index in [1.54, 1.807) is 18.4 Å². The number of aliphatic imine (C=N–C) groups is 1. The fourth-order valence-corrected chi connectivity index (χ4v) is 3.31. The number of benzene rings is 1. The highest BCUT2D eigenvalue weighted by Crippen LogP contribution is 2.32. The Morgan fingerprint density at radius 2 is 2.27 bits per heavy atom. The van der Waals surface area contributed by atoms with Crippen LogP contribution < -0.4 is 5.73 Å². The molecule has 0 aliphatic heterocycles. The number of aliphatic hydroxyl groups excluding tert-OH is 2.